The third-order valence-electron chi connectivity index (χ3n) is 4.65. The second kappa shape index (κ2) is 9.52. The lowest BCUT2D eigenvalue weighted by atomic mass is 9.98. The molecule has 1 fully saturated rings. The number of nitrogen functional groups attached to an aromatic ring is 1. The molecule has 0 spiro atoms. The van der Waals surface area contributed by atoms with Crippen molar-refractivity contribution >= 4 is 29.9 Å². The van der Waals surface area contributed by atoms with Crippen molar-refractivity contribution in [3.05, 3.63) is 29.8 Å². The third-order valence-corrected chi connectivity index (χ3v) is 4.65. The predicted octanol–water partition coefficient (Wildman–Crippen LogP) is 2.85. The van der Waals surface area contributed by atoms with E-state index in [0.717, 1.165) is 38.8 Å². The fraction of sp³-hybridized carbons (Fsp3) is 0.556. The van der Waals surface area contributed by atoms with Crippen LogP contribution >= 0.6 is 12.4 Å². The van der Waals surface area contributed by atoms with E-state index in [1.807, 2.05) is 4.90 Å². The summed E-state index contributed by atoms with van der Waals surface area (Å²) in [6, 6.07) is 7.05. The van der Waals surface area contributed by atoms with Gasteiger partial charge < -0.3 is 16.0 Å². The maximum atomic E-state index is 12.4. The van der Waals surface area contributed by atoms with Crippen LogP contribution < -0.4 is 11.1 Å². The molecule has 0 bridgehead atoms. The number of hydrogen-bond donors (Lipinski definition) is 2. The van der Waals surface area contributed by atoms with Gasteiger partial charge in [-0.25, -0.2) is 0 Å². The summed E-state index contributed by atoms with van der Waals surface area (Å²) in [6.45, 7) is 5.57. The van der Waals surface area contributed by atoms with Crippen LogP contribution in [0.3, 0.4) is 0 Å². The van der Waals surface area contributed by atoms with Gasteiger partial charge in [0.15, 0.2) is 0 Å². The van der Waals surface area contributed by atoms with Gasteiger partial charge in [0.25, 0.3) is 5.91 Å². The first-order chi connectivity index (χ1) is 11.0. The van der Waals surface area contributed by atoms with Crippen LogP contribution in [-0.2, 0) is 4.79 Å². The predicted molar refractivity (Wildman–Crippen MR) is 99.2 cm³/mol. The summed E-state index contributed by atoms with van der Waals surface area (Å²) in [5.41, 5.74) is 6.90. The Morgan fingerprint density at radius 3 is 2.21 bits per heavy atom. The van der Waals surface area contributed by atoms with Gasteiger partial charge in [0.2, 0.25) is 5.91 Å². The van der Waals surface area contributed by atoms with E-state index in [1.54, 1.807) is 24.3 Å². The zero-order chi connectivity index (χ0) is 16.8. The van der Waals surface area contributed by atoms with Crippen molar-refractivity contribution in [2.75, 3.05) is 18.8 Å². The summed E-state index contributed by atoms with van der Waals surface area (Å²) in [7, 11) is 0. The molecule has 0 aliphatic carbocycles. The number of likely N-dealkylation sites (tertiary alicyclic amines) is 1. The molecule has 6 heteroatoms. The molecule has 1 saturated heterocycles. The number of carbonyl (C=O) groups excluding carboxylic acids is 2. The topological polar surface area (TPSA) is 75.4 Å². The zero-order valence-corrected chi connectivity index (χ0v) is 15.3. The molecule has 0 unspecified atom stereocenters. The van der Waals surface area contributed by atoms with Crippen molar-refractivity contribution in [1.29, 1.82) is 0 Å². The molecule has 0 saturated carbocycles. The largest absolute Gasteiger partial charge is 0.399 e. The summed E-state index contributed by atoms with van der Waals surface area (Å²) in [4.78, 5) is 26.5. The Bertz CT molecular complexity index is 536. The highest BCUT2D eigenvalue weighted by molar-refractivity contribution is 5.94. The van der Waals surface area contributed by atoms with Gasteiger partial charge in [-0.15, -0.1) is 12.4 Å². The third kappa shape index (κ3) is 5.13. The van der Waals surface area contributed by atoms with Crippen molar-refractivity contribution in [2.24, 2.45) is 5.92 Å². The van der Waals surface area contributed by atoms with E-state index in [-0.39, 0.29) is 36.2 Å². The van der Waals surface area contributed by atoms with E-state index in [9.17, 15) is 9.59 Å². The molecule has 2 amide bonds. The Morgan fingerprint density at radius 1 is 1.17 bits per heavy atom. The van der Waals surface area contributed by atoms with E-state index < -0.39 is 0 Å². The summed E-state index contributed by atoms with van der Waals surface area (Å²) in [5, 5.41) is 3.05. The zero-order valence-electron chi connectivity index (χ0n) is 14.5. The van der Waals surface area contributed by atoms with E-state index in [1.165, 1.54) is 0 Å². The summed E-state index contributed by atoms with van der Waals surface area (Å²) in [6.07, 6.45) is 3.41. The van der Waals surface area contributed by atoms with Gasteiger partial charge in [0.1, 0.15) is 0 Å². The van der Waals surface area contributed by atoms with E-state index in [2.05, 4.69) is 19.2 Å². The Kier molecular flexibility index (Phi) is 8.05. The van der Waals surface area contributed by atoms with Crippen LogP contribution in [0.1, 0.15) is 49.9 Å². The summed E-state index contributed by atoms with van der Waals surface area (Å²) < 4.78 is 0. The lowest BCUT2D eigenvalue weighted by molar-refractivity contribution is -0.136. The highest BCUT2D eigenvalue weighted by atomic mass is 35.5. The van der Waals surface area contributed by atoms with Crippen molar-refractivity contribution in [3.63, 3.8) is 0 Å². The lowest BCUT2D eigenvalue weighted by Crippen LogP contribution is -2.48. The Morgan fingerprint density at radius 2 is 1.71 bits per heavy atom. The fourth-order valence-electron chi connectivity index (χ4n) is 3.04. The number of amides is 2. The number of benzene rings is 1. The first-order valence-corrected chi connectivity index (χ1v) is 8.50. The maximum Gasteiger partial charge on any atom is 0.251 e. The number of hydrogen-bond acceptors (Lipinski definition) is 3. The van der Waals surface area contributed by atoms with Crippen molar-refractivity contribution in [1.82, 2.24) is 10.2 Å². The SMILES string of the molecule is CCC(CC)C(=O)N1CCC(NC(=O)c2ccc(N)cc2)CC1.Cl. The van der Waals surface area contributed by atoms with Gasteiger partial charge in [-0.3, -0.25) is 9.59 Å². The van der Waals surface area contributed by atoms with Crippen LogP contribution in [-0.4, -0.2) is 35.8 Å². The summed E-state index contributed by atoms with van der Waals surface area (Å²) >= 11 is 0. The minimum atomic E-state index is -0.0743. The number of nitrogens with two attached hydrogens (primary N) is 1. The Hall–Kier alpha value is -1.75. The first kappa shape index (κ1) is 20.3. The molecule has 0 radical (unpaired) electrons. The second-order valence-corrected chi connectivity index (χ2v) is 6.21. The number of anilines is 1. The highest BCUT2D eigenvalue weighted by Crippen LogP contribution is 2.17. The van der Waals surface area contributed by atoms with Gasteiger partial charge in [-0.05, 0) is 49.9 Å². The van der Waals surface area contributed by atoms with E-state index in [4.69, 9.17) is 5.73 Å². The average molecular weight is 354 g/mol. The Balaban J connectivity index is 0.00000288. The molecule has 2 rings (SSSR count). The highest BCUT2D eigenvalue weighted by Gasteiger charge is 2.27. The molecule has 1 aliphatic rings. The van der Waals surface area contributed by atoms with Gasteiger partial charge in [0.05, 0.1) is 0 Å². The number of halogens is 1. The Labute approximate surface area is 150 Å². The molecule has 134 valence electrons. The monoisotopic (exact) mass is 353 g/mol. The van der Waals surface area contributed by atoms with Crippen molar-refractivity contribution < 1.29 is 9.59 Å². The minimum absolute atomic E-state index is 0. The average Bonchev–Trinajstić information content (AvgIpc) is 2.57. The van der Waals surface area contributed by atoms with Gasteiger partial charge in [0, 0.05) is 36.3 Å². The van der Waals surface area contributed by atoms with Gasteiger partial charge in [-0.1, -0.05) is 13.8 Å². The molecule has 24 heavy (non-hydrogen) atoms. The number of nitrogens with one attached hydrogen (secondary N) is 1. The number of nitrogens with zero attached hydrogens (tertiary/aromatic N) is 1. The molecule has 1 aliphatic heterocycles. The number of carbonyl (C=O) groups is 2. The van der Waals surface area contributed by atoms with Gasteiger partial charge >= 0.3 is 0 Å². The molecular formula is C18H28ClN3O2. The fourth-order valence-corrected chi connectivity index (χ4v) is 3.04. The standard InChI is InChI=1S/C18H27N3O2.ClH/c1-3-13(4-2)18(23)21-11-9-16(10-12-21)20-17(22)14-5-7-15(19)8-6-14;/h5-8,13,16H,3-4,9-12,19H2,1-2H3,(H,20,22);1H. The van der Waals surface area contributed by atoms with Crippen LogP contribution in [0.2, 0.25) is 0 Å². The number of piperidine rings is 1. The van der Waals surface area contributed by atoms with Crippen LogP contribution in [0.5, 0.6) is 0 Å². The number of rotatable bonds is 5. The molecule has 3 N–H and O–H groups in total. The maximum absolute atomic E-state index is 12.4. The summed E-state index contributed by atoms with van der Waals surface area (Å²) in [5.74, 6) is 0.323. The quantitative estimate of drug-likeness (QED) is 0.799. The lowest BCUT2D eigenvalue weighted by Gasteiger charge is -2.34. The molecular weight excluding hydrogens is 326 g/mol. The molecule has 5 nitrogen and oxygen atoms in total. The van der Waals surface area contributed by atoms with Crippen molar-refractivity contribution in [3.8, 4) is 0 Å². The van der Waals surface area contributed by atoms with E-state index in [0.29, 0.717) is 11.3 Å². The van der Waals surface area contributed by atoms with Crippen LogP contribution in [0.15, 0.2) is 24.3 Å². The minimum Gasteiger partial charge on any atom is -0.399 e. The van der Waals surface area contributed by atoms with Gasteiger partial charge in [-0.2, -0.15) is 0 Å². The molecule has 0 aromatic heterocycles. The molecule has 1 aromatic carbocycles. The van der Waals surface area contributed by atoms with Crippen LogP contribution in [0.25, 0.3) is 0 Å². The molecule has 0 atom stereocenters. The van der Waals surface area contributed by atoms with Crippen LogP contribution in [0, 0.1) is 5.92 Å². The molecule has 1 heterocycles. The van der Waals surface area contributed by atoms with E-state index >= 15 is 0 Å². The smallest absolute Gasteiger partial charge is 0.251 e. The van der Waals surface area contributed by atoms with Crippen LogP contribution in [0.4, 0.5) is 5.69 Å². The van der Waals surface area contributed by atoms with Crippen molar-refractivity contribution in [2.45, 2.75) is 45.6 Å². The first-order valence-electron chi connectivity index (χ1n) is 8.50. The second-order valence-electron chi connectivity index (χ2n) is 6.21. The normalized spacial score (nSPS) is 15.0. The molecule has 1 aromatic rings.